The minimum Gasteiger partial charge on any atom is -0.457 e. The van der Waals surface area contributed by atoms with Crippen LogP contribution in [0.2, 0.25) is 18.1 Å². The van der Waals surface area contributed by atoms with Gasteiger partial charge in [0, 0.05) is 38.1 Å². The maximum absolute atomic E-state index is 13.5. The van der Waals surface area contributed by atoms with E-state index in [0.717, 1.165) is 18.7 Å². The van der Waals surface area contributed by atoms with E-state index >= 15 is 0 Å². The van der Waals surface area contributed by atoms with Crippen molar-refractivity contribution in [3.05, 3.63) is 23.8 Å². The molecule has 0 bridgehead atoms. The van der Waals surface area contributed by atoms with Crippen molar-refractivity contribution in [1.29, 1.82) is 0 Å². The third kappa shape index (κ3) is 10.2. The molecule has 1 amide bonds. The Morgan fingerprint density at radius 3 is 2.25 bits per heavy atom. The number of ether oxygens (including phenoxy) is 2. The minimum absolute atomic E-state index is 0.0390. The van der Waals surface area contributed by atoms with Crippen molar-refractivity contribution in [1.82, 2.24) is 9.80 Å². The first-order valence-corrected chi connectivity index (χ1v) is 20.1. The standard InChI is InChI=1S/C35H62N2O6Si/c1-10-26(2)32-27(3)17-18-30(41-33(39)37-23-21-36(22-24-37)28-15-13-11-12-14-16-28)35(7,40)20-19-29(25-31(38)42-32)43-44(8,9)34(4,5)6/h10,17-18,27-30,32,40H,11-16,19-25H2,1-9H3/b18-17+,26-10+/t27-,29+,30-,32+,35+/m0/s1. The number of nitrogens with zero attached hydrogens (tertiary/aromatic N) is 2. The molecule has 0 unspecified atom stereocenters. The fourth-order valence-corrected chi connectivity index (χ4v) is 7.76. The SMILES string of the molecule is C/C=C(\C)[C@H]1OC(=O)C[C@H](O[Si](C)(C)C(C)(C)C)CC[C@@](C)(O)[C@@H](OC(=O)N2CCN(C3CCCCCC3)CC2)/C=C/[C@@H]1C. The number of esters is 1. The summed E-state index contributed by atoms with van der Waals surface area (Å²) in [6.45, 7) is 21.4. The van der Waals surface area contributed by atoms with Crippen LogP contribution in [0.4, 0.5) is 4.79 Å². The molecule has 9 heteroatoms. The van der Waals surface area contributed by atoms with Gasteiger partial charge in [0.25, 0.3) is 0 Å². The Hall–Kier alpha value is -1.68. The highest BCUT2D eigenvalue weighted by Gasteiger charge is 2.42. The Balaban J connectivity index is 1.79. The van der Waals surface area contributed by atoms with Gasteiger partial charge in [-0.2, -0.15) is 0 Å². The van der Waals surface area contributed by atoms with E-state index in [9.17, 15) is 14.7 Å². The van der Waals surface area contributed by atoms with E-state index in [0.29, 0.717) is 32.0 Å². The highest BCUT2D eigenvalue weighted by molar-refractivity contribution is 6.74. The fraction of sp³-hybridized carbons (Fsp3) is 0.829. The lowest BCUT2D eigenvalue weighted by atomic mass is 9.89. The van der Waals surface area contributed by atoms with Gasteiger partial charge in [-0.3, -0.25) is 9.69 Å². The van der Waals surface area contributed by atoms with Crippen LogP contribution in [0.1, 0.15) is 106 Å². The van der Waals surface area contributed by atoms with Gasteiger partial charge in [0.2, 0.25) is 0 Å². The van der Waals surface area contributed by atoms with E-state index in [1.165, 1.54) is 38.5 Å². The molecule has 0 radical (unpaired) electrons. The summed E-state index contributed by atoms with van der Waals surface area (Å²) >= 11 is 0. The highest BCUT2D eigenvalue weighted by Crippen LogP contribution is 2.39. The second kappa shape index (κ2) is 15.7. The molecule has 252 valence electrons. The molecule has 2 fully saturated rings. The number of rotatable bonds is 5. The van der Waals surface area contributed by atoms with Crippen LogP contribution in [0.15, 0.2) is 23.8 Å². The van der Waals surface area contributed by atoms with Crippen LogP contribution in [0.25, 0.3) is 0 Å². The number of carbonyl (C=O) groups is 2. The largest absolute Gasteiger partial charge is 0.457 e. The van der Waals surface area contributed by atoms with E-state index in [1.54, 1.807) is 17.9 Å². The predicted molar refractivity (Wildman–Crippen MR) is 179 cm³/mol. The maximum Gasteiger partial charge on any atom is 0.410 e. The molecule has 3 aliphatic rings. The van der Waals surface area contributed by atoms with Gasteiger partial charge in [-0.05, 0) is 76.2 Å². The molecule has 2 aliphatic heterocycles. The van der Waals surface area contributed by atoms with Gasteiger partial charge in [0.1, 0.15) is 11.7 Å². The molecule has 1 saturated heterocycles. The first kappa shape index (κ1) is 36.8. The summed E-state index contributed by atoms with van der Waals surface area (Å²) in [5, 5.41) is 11.8. The van der Waals surface area contributed by atoms with E-state index in [4.69, 9.17) is 13.9 Å². The Morgan fingerprint density at radius 1 is 1.07 bits per heavy atom. The number of allylic oxidation sites excluding steroid dienone is 1. The second-order valence-corrected chi connectivity index (χ2v) is 20.0. The zero-order valence-corrected chi connectivity index (χ0v) is 30.2. The van der Waals surface area contributed by atoms with Crippen molar-refractivity contribution < 1.29 is 28.6 Å². The quantitative estimate of drug-likeness (QED) is 0.148. The number of hydrogen-bond acceptors (Lipinski definition) is 7. The molecule has 0 aromatic heterocycles. The lowest BCUT2D eigenvalue weighted by Gasteiger charge is -2.41. The molecule has 1 saturated carbocycles. The lowest BCUT2D eigenvalue weighted by molar-refractivity contribution is -0.151. The third-order valence-electron chi connectivity index (χ3n) is 10.6. The van der Waals surface area contributed by atoms with Crippen LogP contribution in [-0.2, 0) is 18.7 Å². The zero-order valence-electron chi connectivity index (χ0n) is 29.2. The number of cyclic esters (lactones) is 1. The van der Waals surface area contributed by atoms with Crippen molar-refractivity contribution in [2.24, 2.45) is 5.92 Å². The number of amides is 1. The smallest absolute Gasteiger partial charge is 0.410 e. The summed E-state index contributed by atoms with van der Waals surface area (Å²) in [7, 11) is -2.22. The van der Waals surface area contributed by atoms with Crippen LogP contribution in [0, 0.1) is 5.92 Å². The summed E-state index contributed by atoms with van der Waals surface area (Å²) in [5.41, 5.74) is -0.404. The van der Waals surface area contributed by atoms with Crippen LogP contribution < -0.4 is 0 Å². The molecule has 0 aromatic rings. The highest BCUT2D eigenvalue weighted by atomic mass is 28.4. The molecule has 8 nitrogen and oxygen atoms in total. The number of aliphatic hydroxyl groups is 1. The van der Waals surface area contributed by atoms with Crippen molar-refractivity contribution >= 4 is 20.4 Å². The maximum atomic E-state index is 13.5. The molecule has 0 spiro atoms. The first-order valence-electron chi connectivity index (χ1n) is 17.1. The Labute approximate surface area is 268 Å². The summed E-state index contributed by atoms with van der Waals surface area (Å²) in [4.78, 5) is 31.1. The minimum atomic E-state index is -2.22. The van der Waals surface area contributed by atoms with Gasteiger partial charge in [-0.25, -0.2) is 4.79 Å². The van der Waals surface area contributed by atoms with Crippen LogP contribution in [-0.4, -0.2) is 91.4 Å². The number of piperazine rings is 1. The normalized spacial score (nSPS) is 32.2. The summed E-state index contributed by atoms with van der Waals surface area (Å²) < 4.78 is 18.9. The van der Waals surface area contributed by atoms with Gasteiger partial charge in [-0.1, -0.05) is 65.5 Å². The van der Waals surface area contributed by atoms with Crippen LogP contribution in [0.5, 0.6) is 0 Å². The molecular formula is C35H62N2O6Si. The van der Waals surface area contributed by atoms with Gasteiger partial charge in [0.15, 0.2) is 14.4 Å². The average molecular weight is 635 g/mol. The lowest BCUT2D eigenvalue weighted by Crippen LogP contribution is -2.53. The monoisotopic (exact) mass is 634 g/mol. The molecule has 0 aromatic carbocycles. The first-order chi connectivity index (χ1) is 20.5. The van der Waals surface area contributed by atoms with Crippen molar-refractivity contribution in [2.75, 3.05) is 26.2 Å². The van der Waals surface area contributed by atoms with Gasteiger partial charge in [0.05, 0.1) is 12.5 Å². The van der Waals surface area contributed by atoms with Crippen LogP contribution >= 0.6 is 0 Å². The van der Waals surface area contributed by atoms with Crippen molar-refractivity contribution in [2.45, 2.75) is 154 Å². The fourth-order valence-electron chi connectivity index (χ4n) is 6.37. The van der Waals surface area contributed by atoms with E-state index in [1.807, 2.05) is 32.9 Å². The van der Waals surface area contributed by atoms with Crippen LogP contribution in [0.3, 0.4) is 0 Å². The Bertz CT molecular complexity index is 1000. The van der Waals surface area contributed by atoms with E-state index in [2.05, 4.69) is 38.8 Å². The average Bonchev–Trinajstić information content (AvgIpc) is 3.25. The molecule has 5 atom stereocenters. The molecule has 3 rings (SSSR count). The van der Waals surface area contributed by atoms with E-state index in [-0.39, 0.29) is 29.4 Å². The number of carbonyl (C=O) groups excluding carboxylic acids is 2. The van der Waals surface area contributed by atoms with Crippen molar-refractivity contribution in [3.8, 4) is 0 Å². The molecular weight excluding hydrogens is 572 g/mol. The Morgan fingerprint density at radius 2 is 1.68 bits per heavy atom. The molecule has 1 N–H and O–H groups in total. The van der Waals surface area contributed by atoms with Gasteiger partial charge in [-0.15, -0.1) is 0 Å². The molecule has 44 heavy (non-hydrogen) atoms. The summed E-state index contributed by atoms with van der Waals surface area (Å²) in [5.74, 6) is -0.485. The van der Waals surface area contributed by atoms with Crippen molar-refractivity contribution in [3.63, 3.8) is 0 Å². The topological polar surface area (TPSA) is 88.5 Å². The summed E-state index contributed by atoms with van der Waals surface area (Å²) in [6, 6.07) is 0.622. The molecule has 1 aliphatic carbocycles. The summed E-state index contributed by atoms with van der Waals surface area (Å²) in [6.07, 6.45) is 12.2. The zero-order chi connectivity index (χ0) is 32.7. The molecule has 2 heterocycles. The Kier molecular flexibility index (Phi) is 13.2. The van der Waals surface area contributed by atoms with Gasteiger partial charge < -0.3 is 23.9 Å². The number of hydrogen-bond donors (Lipinski definition) is 1. The van der Waals surface area contributed by atoms with E-state index < -0.39 is 32.2 Å². The third-order valence-corrected chi connectivity index (χ3v) is 15.2. The van der Waals surface area contributed by atoms with Gasteiger partial charge >= 0.3 is 12.1 Å². The predicted octanol–water partition coefficient (Wildman–Crippen LogP) is 7.23. The second-order valence-electron chi connectivity index (χ2n) is 15.3.